The van der Waals surface area contributed by atoms with Crippen molar-refractivity contribution in [1.29, 1.82) is 0 Å². The first-order chi connectivity index (χ1) is 10.2. The van der Waals surface area contributed by atoms with Crippen molar-refractivity contribution in [3.63, 3.8) is 0 Å². The van der Waals surface area contributed by atoms with E-state index in [-0.39, 0.29) is 5.56 Å². The summed E-state index contributed by atoms with van der Waals surface area (Å²) in [4.78, 5) is 0. The number of halogens is 2. The van der Waals surface area contributed by atoms with Gasteiger partial charge in [-0.15, -0.1) is 0 Å². The molecule has 1 atom stereocenters. The molecule has 2 aromatic rings. The van der Waals surface area contributed by atoms with Gasteiger partial charge in [0.05, 0.1) is 6.04 Å². The van der Waals surface area contributed by atoms with Crippen LogP contribution in [0, 0.1) is 11.6 Å². The summed E-state index contributed by atoms with van der Waals surface area (Å²) in [5.74, 6) is -0.997. The van der Waals surface area contributed by atoms with Crippen molar-refractivity contribution in [2.45, 2.75) is 32.2 Å². The molecule has 0 fully saturated rings. The van der Waals surface area contributed by atoms with E-state index in [9.17, 15) is 8.78 Å². The maximum absolute atomic E-state index is 14.1. The smallest absolute Gasteiger partial charge is 0.131 e. The second-order valence-corrected chi connectivity index (χ2v) is 5.51. The number of nitrogens with one attached hydrogen (secondary N) is 1. The van der Waals surface area contributed by atoms with Crippen LogP contribution in [0.4, 0.5) is 8.78 Å². The molecule has 3 heteroatoms. The standard InChI is InChI=1S/C18H19F2N/c1-2-21-18(17-15(19)7-4-8-16(17)20)14-10-9-12-5-3-6-13(12)11-14/h4,7-11,18,21H,2-3,5-6H2,1H3. The maximum Gasteiger partial charge on any atom is 0.131 e. The van der Waals surface area contributed by atoms with Crippen molar-refractivity contribution in [3.8, 4) is 0 Å². The molecule has 110 valence electrons. The predicted molar refractivity (Wildman–Crippen MR) is 80.3 cm³/mol. The van der Waals surface area contributed by atoms with Crippen LogP contribution in [0.3, 0.4) is 0 Å². The lowest BCUT2D eigenvalue weighted by Gasteiger charge is -2.21. The highest BCUT2D eigenvalue weighted by Crippen LogP contribution is 2.30. The summed E-state index contributed by atoms with van der Waals surface area (Å²) in [7, 11) is 0. The fourth-order valence-corrected chi connectivity index (χ4v) is 3.15. The molecule has 2 aromatic carbocycles. The van der Waals surface area contributed by atoms with E-state index in [0.29, 0.717) is 6.54 Å². The quantitative estimate of drug-likeness (QED) is 0.890. The third kappa shape index (κ3) is 2.70. The Morgan fingerprint density at radius 3 is 2.48 bits per heavy atom. The summed E-state index contributed by atoms with van der Waals surface area (Å²) in [5, 5.41) is 3.21. The van der Waals surface area contributed by atoms with E-state index < -0.39 is 17.7 Å². The lowest BCUT2D eigenvalue weighted by molar-refractivity contribution is 0.510. The molecule has 0 amide bonds. The third-order valence-electron chi connectivity index (χ3n) is 4.15. The minimum absolute atomic E-state index is 0.109. The van der Waals surface area contributed by atoms with Crippen LogP contribution in [0.15, 0.2) is 36.4 Å². The Hall–Kier alpha value is -1.74. The molecule has 3 rings (SSSR count). The van der Waals surface area contributed by atoms with E-state index >= 15 is 0 Å². The van der Waals surface area contributed by atoms with E-state index in [0.717, 1.165) is 18.4 Å². The first-order valence-corrected chi connectivity index (χ1v) is 7.49. The van der Waals surface area contributed by atoms with Crippen LogP contribution >= 0.6 is 0 Å². The van der Waals surface area contributed by atoms with Gasteiger partial charge in [0.1, 0.15) is 11.6 Å². The summed E-state index contributed by atoms with van der Waals surface area (Å²) in [6.07, 6.45) is 3.33. The Morgan fingerprint density at radius 2 is 1.76 bits per heavy atom. The first kappa shape index (κ1) is 14.2. The van der Waals surface area contributed by atoms with E-state index in [2.05, 4.69) is 17.4 Å². The largest absolute Gasteiger partial charge is 0.306 e. The Kier molecular flexibility index (Phi) is 4.02. The van der Waals surface area contributed by atoms with Crippen LogP contribution in [-0.4, -0.2) is 6.54 Å². The van der Waals surface area contributed by atoms with Gasteiger partial charge in [0.2, 0.25) is 0 Å². The Balaban J connectivity index is 2.06. The van der Waals surface area contributed by atoms with Crippen LogP contribution in [0.2, 0.25) is 0 Å². The van der Waals surface area contributed by atoms with E-state index in [1.165, 1.54) is 35.7 Å². The summed E-state index contributed by atoms with van der Waals surface area (Å²) >= 11 is 0. The zero-order valence-corrected chi connectivity index (χ0v) is 12.1. The van der Waals surface area contributed by atoms with Crippen LogP contribution in [0.25, 0.3) is 0 Å². The molecular weight excluding hydrogens is 268 g/mol. The van der Waals surface area contributed by atoms with Crippen LogP contribution in [-0.2, 0) is 12.8 Å². The average Bonchev–Trinajstić information content (AvgIpc) is 2.93. The van der Waals surface area contributed by atoms with E-state index in [1.807, 2.05) is 13.0 Å². The van der Waals surface area contributed by atoms with Crippen molar-refractivity contribution in [3.05, 3.63) is 70.3 Å². The first-order valence-electron chi connectivity index (χ1n) is 7.49. The summed E-state index contributed by atoms with van der Waals surface area (Å²) in [6, 6.07) is 9.78. The number of rotatable bonds is 4. The molecule has 0 aliphatic heterocycles. The monoisotopic (exact) mass is 287 g/mol. The SMILES string of the molecule is CCNC(c1ccc2c(c1)CCC2)c1c(F)cccc1F. The van der Waals surface area contributed by atoms with Gasteiger partial charge in [0.25, 0.3) is 0 Å². The van der Waals surface area contributed by atoms with Gasteiger partial charge in [0, 0.05) is 5.56 Å². The topological polar surface area (TPSA) is 12.0 Å². The normalized spacial score (nSPS) is 15.0. The fourth-order valence-electron chi connectivity index (χ4n) is 3.15. The zero-order valence-electron chi connectivity index (χ0n) is 12.1. The number of benzene rings is 2. The molecular formula is C18H19F2N. The Morgan fingerprint density at radius 1 is 1.05 bits per heavy atom. The number of hydrogen-bond donors (Lipinski definition) is 1. The molecule has 1 aliphatic carbocycles. The Labute approximate surface area is 124 Å². The second-order valence-electron chi connectivity index (χ2n) is 5.51. The maximum atomic E-state index is 14.1. The molecule has 0 bridgehead atoms. The fraction of sp³-hybridized carbons (Fsp3) is 0.333. The third-order valence-corrected chi connectivity index (χ3v) is 4.15. The molecule has 1 N–H and O–H groups in total. The highest BCUT2D eigenvalue weighted by atomic mass is 19.1. The number of fused-ring (bicyclic) bond motifs is 1. The molecule has 0 aromatic heterocycles. The molecule has 0 radical (unpaired) electrons. The van der Waals surface area contributed by atoms with E-state index in [4.69, 9.17) is 0 Å². The van der Waals surface area contributed by atoms with Crippen molar-refractivity contribution >= 4 is 0 Å². The average molecular weight is 287 g/mol. The lowest BCUT2D eigenvalue weighted by Crippen LogP contribution is -2.24. The van der Waals surface area contributed by atoms with Crippen LogP contribution in [0.1, 0.15) is 41.6 Å². The van der Waals surface area contributed by atoms with Gasteiger partial charge in [-0.25, -0.2) is 8.78 Å². The van der Waals surface area contributed by atoms with Crippen molar-refractivity contribution < 1.29 is 8.78 Å². The van der Waals surface area contributed by atoms with Gasteiger partial charge < -0.3 is 5.32 Å². The van der Waals surface area contributed by atoms with Gasteiger partial charge in [-0.3, -0.25) is 0 Å². The number of hydrogen-bond acceptors (Lipinski definition) is 1. The summed E-state index contributed by atoms with van der Waals surface area (Å²) < 4.78 is 28.2. The number of aryl methyl sites for hydroxylation is 2. The molecule has 0 heterocycles. The summed E-state index contributed by atoms with van der Waals surface area (Å²) in [6.45, 7) is 2.59. The van der Waals surface area contributed by atoms with Crippen molar-refractivity contribution in [1.82, 2.24) is 5.32 Å². The molecule has 1 aliphatic rings. The van der Waals surface area contributed by atoms with Crippen LogP contribution < -0.4 is 5.32 Å². The highest BCUT2D eigenvalue weighted by Gasteiger charge is 2.22. The van der Waals surface area contributed by atoms with Gasteiger partial charge in [0.15, 0.2) is 0 Å². The molecule has 0 spiro atoms. The molecule has 1 unspecified atom stereocenters. The van der Waals surface area contributed by atoms with Gasteiger partial charge in [-0.1, -0.05) is 31.2 Å². The van der Waals surface area contributed by atoms with Crippen LogP contribution in [0.5, 0.6) is 0 Å². The van der Waals surface area contributed by atoms with Gasteiger partial charge in [-0.2, -0.15) is 0 Å². The minimum Gasteiger partial charge on any atom is -0.306 e. The molecule has 21 heavy (non-hydrogen) atoms. The van der Waals surface area contributed by atoms with Crippen molar-refractivity contribution in [2.75, 3.05) is 6.54 Å². The lowest BCUT2D eigenvalue weighted by atomic mass is 9.95. The highest BCUT2D eigenvalue weighted by molar-refractivity contribution is 5.40. The minimum atomic E-state index is -0.499. The molecule has 0 saturated heterocycles. The molecule has 1 nitrogen and oxygen atoms in total. The zero-order chi connectivity index (χ0) is 14.8. The predicted octanol–water partition coefficient (Wildman–Crippen LogP) is 4.15. The second kappa shape index (κ2) is 5.94. The van der Waals surface area contributed by atoms with E-state index in [1.54, 1.807) is 0 Å². The van der Waals surface area contributed by atoms with Crippen molar-refractivity contribution in [2.24, 2.45) is 0 Å². The molecule has 0 saturated carbocycles. The van der Waals surface area contributed by atoms with Gasteiger partial charge in [-0.05, 0) is 54.6 Å². The van der Waals surface area contributed by atoms with Gasteiger partial charge >= 0.3 is 0 Å². The Bertz CT molecular complexity index is 631. The summed E-state index contributed by atoms with van der Waals surface area (Å²) in [5.41, 5.74) is 3.72.